The number of rotatable bonds is 3. The summed E-state index contributed by atoms with van der Waals surface area (Å²) in [6.45, 7) is 3.40. The van der Waals surface area contributed by atoms with Crippen LogP contribution in [0, 0.1) is 13.8 Å². The fraction of sp³-hybridized carbons (Fsp3) is 0.583. The largest absolute Gasteiger partial charge is 0.477 e. The zero-order valence-electron chi connectivity index (χ0n) is 11.4. The molecule has 2 heterocycles. The number of sulfonamides is 1. The summed E-state index contributed by atoms with van der Waals surface area (Å²) in [6.07, 6.45) is 0.503. The maximum atomic E-state index is 12.6. The van der Waals surface area contributed by atoms with E-state index in [1.807, 2.05) is 0 Å². The predicted molar refractivity (Wildman–Crippen MR) is 71.2 cm³/mol. The van der Waals surface area contributed by atoms with Crippen molar-refractivity contribution in [3.05, 3.63) is 17.0 Å². The zero-order valence-corrected chi connectivity index (χ0v) is 12.2. The number of aryl methyl sites for hydroxylation is 1. The Kier molecular flexibility index (Phi) is 3.90. The summed E-state index contributed by atoms with van der Waals surface area (Å²) >= 11 is 0. The molecule has 1 aliphatic rings. The van der Waals surface area contributed by atoms with Crippen LogP contribution in [0.3, 0.4) is 0 Å². The van der Waals surface area contributed by atoms with Crippen LogP contribution < -0.4 is 0 Å². The van der Waals surface area contributed by atoms with Gasteiger partial charge in [-0.2, -0.15) is 4.31 Å². The van der Waals surface area contributed by atoms with E-state index in [1.54, 1.807) is 0 Å². The van der Waals surface area contributed by atoms with Gasteiger partial charge in [0.1, 0.15) is 10.6 Å². The molecule has 1 aromatic heterocycles. The van der Waals surface area contributed by atoms with Crippen molar-refractivity contribution in [3.63, 3.8) is 0 Å². The lowest BCUT2D eigenvalue weighted by Crippen LogP contribution is -2.42. The van der Waals surface area contributed by atoms with Gasteiger partial charge in [-0.05, 0) is 26.7 Å². The standard InChI is InChI=1S/C12H18N2O5S/c1-7-10(12(16)17)13-8(2)11(7)20(18,19)14-5-3-4-9(15)6-14/h9,13,15H,3-6H2,1-2H3,(H,16,17). The number of nitrogens with one attached hydrogen (secondary N) is 1. The molecule has 1 unspecified atom stereocenters. The maximum Gasteiger partial charge on any atom is 0.352 e. The number of aromatic carboxylic acids is 1. The number of hydrogen-bond donors (Lipinski definition) is 3. The average Bonchev–Trinajstić information content (AvgIpc) is 2.65. The number of H-pyrrole nitrogens is 1. The van der Waals surface area contributed by atoms with Gasteiger partial charge in [0.05, 0.1) is 6.10 Å². The van der Waals surface area contributed by atoms with E-state index >= 15 is 0 Å². The third-order valence-electron chi connectivity index (χ3n) is 3.54. The van der Waals surface area contributed by atoms with Crippen LogP contribution in [-0.4, -0.2) is 53.1 Å². The summed E-state index contributed by atoms with van der Waals surface area (Å²) in [6, 6.07) is 0. The quantitative estimate of drug-likeness (QED) is 0.752. The molecule has 1 saturated heterocycles. The van der Waals surface area contributed by atoms with Crippen molar-refractivity contribution in [2.24, 2.45) is 0 Å². The third-order valence-corrected chi connectivity index (χ3v) is 5.68. The lowest BCUT2D eigenvalue weighted by atomic mass is 10.1. The van der Waals surface area contributed by atoms with Gasteiger partial charge < -0.3 is 15.2 Å². The van der Waals surface area contributed by atoms with Gasteiger partial charge in [-0.3, -0.25) is 0 Å². The number of carbonyl (C=O) groups is 1. The van der Waals surface area contributed by atoms with Crippen LogP contribution in [0.15, 0.2) is 4.90 Å². The Morgan fingerprint density at radius 2 is 2.05 bits per heavy atom. The first-order valence-corrected chi connectivity index (χ1v) is 7.79. The predicted octanol–water partition coefficient (Wildman–Crippen LogP) is 0.475. The molecule has 3 N–H and O–H groups in total. The Bertz CT molecular complexity index is 635. The van der Waals surface area contributed by atoms with Crippen molar-refractivity contribution >= 4 is 16.0 Å². The number of aliphatic hydroxyl groups excluding tert-OH is 1. The van der Waals surface area contributed by atoms with Gasteiger partial charge in [0.15, 0.2) is 0 Å². The van der Waals surface area contributed by atoms with E-state index < -0.39 is 22.1 Å². The van der Waals surface area contributed by atoms with Crippen molar-refractivity contribution < 1.29 is 23.4 Å². The van der Waals surface area contributed by atoms with E-state index in [-0.39, 0.29) is 22.7 Å². The summed E-state index contributed by atoms with van der Waals surface area (Å²) < 4.78 is 26.4. The number of β-amino-alcohol motifs (C(OH)–C–C–N with tert-alkyl or cyclic N) is 1. The van der Waals surface area contributed by atoms with E-state index in [1.165, 1.54) is 18.2 Å². The van der Waals surface area contributed by atoms with Crippen molar-refractivity contribution in [1.29, 1.82) is 0 Å². The highest BCUT2D eigenvalue weighted by Crippen LogP contribution is 2.28. The monoisotopic (exact) mass is 302 g/mol. The molecule has 7 nitrogen and oxygen atoms in total. The fourth-order valence-electron chi connectivity index (χ4n) is 2.60. The highest BCUT2D eigenvalue weighted by molar-refractivity contribution is 7.89. The highest BCUT2D eigenvalue weighted by atomic mass is 32.2. The zero-order chi connectivity index (χ0) is 15.1. The minimum Gasteiger partial charge on any atom is -0.477 e. The van der Waals surface area contributed by atoms with E-state index in [9.17, 15) is 18.3 Å². The molecule has 1 atom stereocenters. The molecule has 1 fully saturated rings. The van der Waals surface area contributed by atoms with Crippen LogP contribution in [0.4, 0.5) is 0 Å². The number of aliphatic hydroxyl groups is 1. The average molecular weight is 302 g/mol. The van der Waals surface area contributed by atoms with Crippen LogP contribution in [0.2, 0.25) is 0 Å². The number of nitrogens with zero attached hydrogens (tertiary/aromatic N) is 1. The molecule has 0 amide bonds. The van der Waals surface area contributed by atoms with Gasteiger partial charge in [-0.25, -0.2) is 13.2 Å². The Balaban J connectivity index is 2.47. The molecule has 0 saturated carbocycles. The van der Waals surface area contributed by atoms with E-state index in [0.717, 1.165) is 0 Å². The van der Waals surface area contributed by atoms with Gasteiger partial charge in [-0.1, -0.05) is 0 Å². The molecule has 0 radical (unpaired) electrons. The van der Waals surface area contributed by atoms with Crippen LogP contribution in [0.5, 0.6) is 0 Å². The van der Waals surface area contributed by atoms with Gasteiger partial charge >= 0.3 is 5.97 Å². The van der Waals surface area contributed by atoms with Gasteiger partial charge in [0, 0.05) is 24.3 Å². The van der Waals surface area contributed by atoms with E-state index in [4.69, 9.17) is 5.11 Å². The molecule has 0 aromatic carbocycles. The third kappa shape index (κ3) is 2.46. The summed E-state index contributed by atoms with van der Waals surface area (Å²) in [4.78, 5) is 13.7. The number of aromatic amines is 1. The summed E-state index contributed by atoms with van der Waals surface area (Å²) in [7, 11) is -3.79. The molecule has 8 heteroatoms. The van der Waals surface area contributed by atoms with Crippen molar-refractivity contribution in [2.75, 3.05) is 13.1 Å². The van der Waals surface area contributed by atoms with Crippen molar-refractivity contribution in [3.8, 4) is 0 Å². The fourth-order valence-corrected chi connectivity index (χ4v) is 4.52. The van der Waals surface area contributed by atoms with Gasteiger partial charge in [0.2, 0.25) is 10.0 Å². The number of aromatic nitrogens is 1. The molecule has 112 valence electrons. The Labute approximate surface area is 117 Å². The maximum absolute atomic E-state index is 12.6. The van der Waals surface area contributed by atoms with Crippen molar-refractivity contribution in [1.82, 2.24) is 9.29 Å². The molecular formula is C12H18N2O5S. The van der Waals surface area contributed by atoms with Crippen LogP contribution >= 0.6 is 0 Å². The lowest BCUT2D eigenvalue weighted by molar-refractivity contribution is 0.0690. The van der Waals surface area contributed by atoms with E-state index in [0.29, 0.717) is 25.1 Å². The first-order chi connectivity index (χ1) is 9.25. The molecule has 1 aliphatic heterocycles. The van der Waals surface area contributed by atoms with E-state index in [2.05, 4.69) is 4.98 Å². The molecule has 2 rings (SSSR count). The molecule has 20 heavy (non-hydrogen) atoms. The first kappa shape index (κ1) is 15.0. The number of piperidine rings is 1. The number of carboxylic acid groups (broad SMARTS) is 1. The van der Waals surface area contributed by atoms with Gasteiger partial charge in [-0.15, -0.1) is 0 Å². The Morgan fingerprint density at radius 3 is 2.55 bits per heavy atom. The smallest absolute Gasteiger partial charge is 0.352 e. The topological polar surface area (TPSA) is 111 Å². The SMILES string of the molecule is Cc1[nH]c(C(=O)O)c(C)c1S(=O)(=O)N1CCCC(O)C1. The van der Waals surface area contributed by atoms with Crippen LogP contribution in [0.25, 0.3) is 0 Å². The lowest BCUT2D eigenvalue weighted by Gasteiger charge is -2.29. The number of hydrogen-bond acceptors (Lipinski definition) is 4. The Hall–Kier alpha value is -1.38. The summed E-state index contributed by atoms with van der Waals surface area (Å²) in [5, 5.41) is 18.7. The first-order valence-electron chi connectivity index (χ1n) is 6.35. The molecule has 1 aromatic rings. The molecule has 0 aliphatic carbocycles. The van der Waals surface area contributed by atoms with Crippen molar-refractivity contribution in [2.45, 2.75) is 37.7 Å². The molecule has 0 bridgehead atoms. The summed E-state index contributed by atoms with van der Waals surface area (Å²) in [5.74, 6) is -1.19. The van der Waals surface area contributed by atoms with Gasteiger partial charge in [0.25, 0.3) is 0 Å². The Morgan fingerprint density at radius 1 is 1.40 bits per heavy atom. The second-order valence-corrected chi connectivity index (χ2v) is 6.92. The molecular weight excluding hydrogens is 284 g/mol. The highest BCUT2D eigenvalue weighted by Gasteiger charge is 2.34. The minimum absolute atomic E-state index is 0.00370. The van der Waals surface area contributed by atoms with Crippen LogP contribution in [-0.2, 0) is 10.0 Å². The summed E-state index contributed by atoms with van der Waals surface area (Å²) in [5.41, 5.74) is 0.397. The second kappa shape index (κ2) is 5.19. The number of carboxylic acids is 1. The van der Waals surface area contributed by atoms with Crippen LogP contribution in [0.1, 0.15) is 34.6 Å². The normalized spacial score (nSPS) is 21.1. The minimum atomic E-state index is -3.79. The second-order valence-electron chi connectivity index (χ2n) is 5.04. The molecule has 0 spiro atoms.